The van der Waals surface area contributed by atoms with Crippen molar-refractivity contribution in [2.45, 2.75) is 46.6 Å². The van der Waals surface area contributed by atoms with Gasteiger partial charge >= 0.3 is 0 Å². The standard InChI is InChI=1S/C15H24N2/c1-11(2)14-6-12-9-17(5)10-15(3,4)7-13(12)8-16-14/h6,8,11H,7,9-10H2,1-5H3. The number of aromatic nitrogens is 1. The molecule has 0 fully saturated rings. The third kappa shape index (κ3) is 2.86. The molecule has 94 valence electrons. The smallest absolute Gasteiger partial charge is 0.0432 e. The molecule has 0 aromatic carbocycles. The Balaban J connectivity index is 2.39. The first-order valence-corrected chi connectivity index (χ1v) is 6.54. The first-order chi connectivity index (χ1) is 7.87. The monoisotopic (exact) mass is 232 g/mol. The number of rotatable bonds is 1. The van der Waals surface area contributed by atoms with Gasteiger partial charge in [-0.1, -0.05) is 27.7 Å². The van der Waals surface area contributed by atoms with Gasteiger partial charge in [-0.2, -0.15) is 0 Å². The highest BCUT2D eigenvalue weighted by Gasteiger charge is 2.26. The molecular formula is C15H24N2. The van der Waals surface area contributed by atoms with Crippen LogP contribution < -0.4 is 0 Å². The average Bonchev–Trinajstić information content (AvgIpc) is 2.29. The Hall–Kier alpha value is -0.890. The molecule has 2 nitrogen and oxygen atoms in total. The molecule has 1 aromatic heterocycles. The lowest BCUT2D eigenvalue weighted by atomic mass is 9.86. The second-order valence-electron chi connectivity index (χ2n) is 6.55. The van der Waals surface area contributed by atoms with Crippen LogP contribution in [0.25, 0.3) is 0 Å². The van der Waals surface area contributed by atoms with E-state index < -0.39 is 0 Å². The molecule has 0 radical (unpaired) electrons. The minimum atomic E-state index is 0.348. The van der Waals surface area contributed by atoms with Gasteiger partial charge < -0.3 is 4.90 Å². The van der Waals surface area contributed by atoms with Crippen molar-refractivity contribution in [2.24, 2.45) is 5.41 Å². The molecule has 0 saturated carbocycles. The van der Waals surface area contributed by atoms with Gasteiger partial charge in [0, 0.05) is 25.0 Å². The normalized spacial score (nSPS) is 20.1. The predicted molar refractivity (Wildman–Crippen MR) is 72.1 cm³/mol. The first-order valence-electron chi connectivity index (χ1n) is 6.54. The van der Waals surface area contributed by atoms with Gasteiger partial charge in [-0.25, -0.2) is 0 Å². The summed E-state index contributed by atoms with van der Waals surface area (Å²) < 4.78 is 0. The van der Waals surface area contributed by atoms with Gasteiger partial charge in [-0.3, -0.25) is 4.98 Å². The molecule has 0 bridgehead atoms. The van der Waals surface area contributed by atoms with E-state index in [1.807, 2.05) is 0 Å². The molecule has 2 heterocycles. The first kappa shape index (κ1) is 12.6. The topological polar surface area (TPSA) is 16.1 Å². The fraction of sp³-hybridized carbons (Fsp3) is 0.667. The molecule has 2 heteroatoms. The van der Waals surface area contributed by atoms with Crippen molar-refractivity contribution < 1.29 is 0 Å². The molecule has 1 aliphatic rings. The summed E-state index contributed by atoms with van der Waals surface area (Å²) in [6, 6.07) is 2.30. The Morgan fingerprint density at radius 1 is 1.29 bits per heavy atom. The van der Waals surface area contributed by atoms with Gasteiger partial charge in [0.25, 0.3) is 0 Å². The number of nitrogens with zero attached hydrogens (tertiary/aromatic N) is 2. The van der Waals surface area contributed by atoms with Gasteiger partial charge in [0.2, 0.25) is 0 Å². The van der Waals surface area contributed by atoms with Crippen molar-refractivity contribution in [2.75, 3.05) is 13.6 Å². The lowest BCUT2D eigenvalue weighted by molar-refractivity contribution is 0.215. The van der Waals surface area contributed by atoms with Crippen molar-refractivity contribution in [1.29, 1.82) is 0 Å². The maximum atomic E-state index is 4.61. The number of hydrogen-bond acceptors (Lipinski definition) is 2. The molecule has 0 amide bonds. The maximum Gasteiger partial charge on any atom is 0.0432 e. The molecule has 0 spiro atoms. The SMILES string of the molecule is CC(C)c1cc2c(cn1)CC(C)(C)CN(C)C2. The average molecular weight is 232 g/mol. The summed E-state index contributed by atoms with van der Waals surface area (Å²) in [5.74, 6) is 0.516. The third-order valence-corrected chi connectivity index (χ3v) is 3.50. The highest BCUT2D eigenvalue weighted by Crippen LogP contribution is 2.30. The van der Waals surface area contributed by atoms with Crippen LogP contribution in [0.2, 0.25) is 0 Å². The van der Waals surface area contributed by atoms with Crippen LogP contribution in [0, 0.1) is 5.41 Å². The van der Waals surface area contributed by atoms with Gasteiger partial charge in [0.1, 0.15) is 0 Å². The van der Waals surface area contributed by atoms with E-state index in [9.17, 15) is 0 Å². The van der Waals surface area contributed by atoms with Crippen LogP contribution >= 0.6 is 0 Å². The van der Waals surface area contributed by atoms with Crippen molar-refractivity contribution in [1.82, 2.24) is 9.88 Å². The molecular weight excluding hydrogens is 208 g/mol. The Kier molecular flexibility index (Phi) is 3.26. The summed E-state index contributed by atoms with van der Waals surface area (Å²) >= 11 is 0. The quantitative estimate of drug-likeness (QED) is 0.739. The largest absolute Gasteiger partial charge is 0.302 e. The van der Waals surface area contributed by atoms with E-state index in [1.54, 1.807) is 0 Å². The Morgan fingerprint density at radius 2 is 2.00 bits per heavy atom. The van der Waals surface area contributed by atoms with Crippen molar-refractivity contribution in [3.8, 4) is 0 Å². The lowest BCUT2D eigenvalue weighted by Crippen LogP contribution is -2.29. The summed E-state index contributed by atoms with van der Waals surface area (Å²) in [4.78, 5) is 7.03. The Bertz CT molecular complexity index is 407. The van der Waals surface area contributed by atoms with Crippen molar-refractivity contribution in [3.63, 3.8) is 0 Å². The summed E-state index contributed by atoms with van der Waals surface area (Å²) in [5.41, 5.74) is 4.47. The zero-order chi connectivity index (χ0) is 12.6. The van der Waals surface area contributed by atoms with E-state index >= 15 is 0 Å². The fourth-order valence-electron chi connectivity index (χ4n) is 2.81. The second kappa shape index (κ2) is 4.41. The highest BCUT2D eigenvalue weighted by atomic mass is 15.1. The molecule has 2 rings (SSSR count). The summed E-state index contributed by atoms with van der Waals surface area (Å²) in [7, 11) is 2.21. The lowest BCUT2D eigenvalue weighted by Gasteiger charge is -2.26. The summed E-state index contributed by atoms with van der Waals surface area (Å²) in [6.45, 7) is 11.3. The number of hydrogen-bond donors (Lipinski definition) is 0. The molecule has 0 aliphatic carbocycles. The van der Waals surface area contributed by atoms with Gasteiger partial charge in [-0.05, 0) is 42.0 Å². The van der Waals surface area contributed by atoms with E-state index in [2.05, 4.69) is 56.9 Å². The molecule has 0 unspecified atom stereocenters. The van der Waals surface area contributed by atoms with Gasteiger partial charge in [-0.15, -0.1) is 0 Å². The number of fused-ring (bicyclic) bond motifs is 1. The minimum absolute atomic E-state index is 0.348. The van der Waals surface area contributed by atoms with Gasteiger partial charge in [0.05, 0.1) is 0 Å². The van der Waals surface area contributed by atoms with Crippen molar-refractivity contribution >= 4 is 0 Å². The molecule has 1 aromatic rings. The van der Waals surface area contributed by atoms with Crippen LogP contribution in [0.1, 0.15) is 50.4 Å². The summed E-state index contributed by atoms with van der Waals surface area (Å²) in [5, 5.41) is 0. The van der Waals surface area contributed by atoms with Crippen molar-refractivity contribution in [3.05, 3.63) is 29.1 Å². The van der Waals surface area contributed by atoms with Crippen LogP contribution in [0.5, 0.6) is 0 Å². The molecule has 0 atom stereocenters. The zero-order valence-corrected chi connectivity index (χ0v) is 11.7. The molecule has 0 N–H and O–H groups in total. The second-order valence-corrected chi connectivity index (χ2v) is 6.55. The molecule has 1 aliphatic heterocycles. The van der Waals surface area contributed by atoms with Gasteiger partial charge in [0.15, 0.2) is 0 Å². The Morgan fingerprint density at radius 3 is 2.65 bits per heavy atom. The fourth-order valence-corrected chi connectivity index (χ4v) is 2.81. The van der Waals surface area contributed by atoms with Crippen LogP contribution in [0.3, 0.4) is 0 Å². The van der Waals surface area contributed by atoms with Crippen LogP contribution in [-0.2, 0) is 13.0 Å². The van der Waals surface area contributed by atoms with E-state index in [1.165, 1.54) is 16.8 Å². The predicted octanol–water partition coefficient (Wildman–Crippen LogP) is 3.22. The number of pyridine rings is 1. The molecule has 0 saturated heterocycles. The highest BCUT2D eigenvalue weighted by molar-refractivity contribution is 5.30. The van der Waals surface area contributed by atoms with Crippen LogP contribution in [-0.4, -0.2) is 23.5 Å². The maximum absolute atomic E-state index is 4.61. The van der Waals surface area contributed by atoms with E-state index in [0.717, 1.165) is 19.5 Å². The Labute approximate surface area is 105 Å². The van der Waals surface area contributed by atoms with E-state index in [0.29, 0.717) is 11.3 Å². The van der Waals surface area contributed by atoms with Crippen LogP contribution in [0.15, 0.2) is 12.3 Å². The van der Waals surface area contributed by atoms with E-state index in [4.69, 9.17) is 0 Å². The zero-order valence-electron chi connectivity index (χ0n) is 11.7. The van der Waals surface area contributed by atoms with E-state index in [-0.39, 0.29) is 0 Å². The third-order valence-electron chi connectivity index (χ3n) is 3.50. The molecule has 17 heavy (non-hydrogen) atoms. The minimum Gasteiger partial charge on any atom is -0.302 e. The summed E-state index contributed by atoms with van der Waals surface area (Å²) in [6.07, 6.45) is 3.24. The van der Waals surface area contributed by atoms with Crippen LogP contribution in [0.4, 0.5) is 0 Å².